The maximum atomic E-state index is 13.1. The number of hydrogen-bond acceptors (Lipinski definition) is 6. The van der Waals surface area contributed by atoms with E-state index in [4.69, 9.17) is 55.9 Å². The average Bonchev–Trinajstić information content (AvgIpc) is 3.62. The van der Waals surface area contributed by atoms with Crippen molar-refractivity contribution in [1.82, 2.24) is 19.6 Å². The van der Waals surface area contributed by atoms with Gasteiger partial charge in [-0.25, -0.2) is 9.59 Å². The van der Waals surface area contributed by atoms with Gasteiger partial charge in [0.1, 0.15) is 0 Å². The minimum atomic E-state index is -4.45. The van der Waals surface area contributed by atoms with Crippen molar-refractivity contribution in [1.29, 1.82) is 0 Å². The second kappa shape index (κ2) is 16.2. The van der Waals surface area contributed by atoms with E-state index in [1.165, 1.54) is 47.8 Å². The number of alkyl halides is 6. The standard InChI is InChI=1S/2C19H15Cl2F3N2O2/c1-9-6-11(19(22,23)24)7-13-10(2)26(25-17(9)13)8-14-15(20)5-4-12(16(14)21)18(27)28-3;1-9-6-11(19(22,23)24)7-13-10(2)25-26(17(9)13)8-14-15(20)5-4-12(16(14)21)18(27)28-3/h2*4-7H,8H2,1-3H3. The van der Waals surface area contributed by atoms with Gasteiger partial charge in [0.15, 0.2) is 0 Å². The fraction of sp³-hybridized carbons (Fsp3) is 0.263. The zero-order chi connectivity index (χ0) is 41.6. The van der Waals surface area contributed by atoms with Crippen LogP contribution in [0.5, 0.6) is 0 Å². The van der Waals surface area contributed by atoms with Crippen LogP contribution < -0.4 is 0 Å². The first-order chi connectivity index (χ1) is 26.1. The van der Waals surface area contributed by atoms with Crippen molar-refractivity contribution in [2.45, 2.75) is 53.1 Å². The molecule has 6 aromatic rings. The lowest BCUT2D eigenvalue weighted by atomic mass is 10.1. The molecule has 8 nitrogen and oxygen atoms in total. The Labute approximate surface area is 335 Å². The molecule has 0 amide bonds. The zero-order valence-corrected chi connectivity index (χ0v) is 33.3. The van der Waals surface area contributed by atoms with Gasteiger partial charge in [0.05, 0.1) is 76.3 Å². The van der Waals surface area contributed by atoms with Gasteiger partial charge in [0, 0.05) is 37.6 Å². The third kappa shape index (κ3) is 8.43. The predicted molar refractivity (Wildman–Crippen MR) is 202 cm³/mol. The Morgan fingerprint density at radius 2 is 1.09 bits per heavy atom. The Balaban J connectivity index is 0.000000214. The Morgan fingerprint density at radius 1 is 0.643 bits per heavy atom. The van der Waals surface area contributed by atoms with Crippen LogP contribution in [0, 0.1) is 27.7 Å². The zero-order valence-electron chi connectivity index (χ0n) is 30.2. The molecule has 2 aromatic heterocycles. The first-order valence-electron chi connectivity index (χ1n) is 16.3. The molecule has 0 fully saturated rings. The third-order valence-electron chi connectivity index (χ3n) is 8.97. The lowest BCUT2D eigenvalue weighted by Crippen LogP contribution is -2.09. The molecule has 18 heteroatoms. The van der Waals surface area contributed by atoms with Crippen LogP contribution in [0.15, 0.2) is 48.5 Å². The van der Waals surface area contributed by atoms with Gasteiger partial charge in [-0.3, -0.25) is 9.36 Å². The number of rotatable bonds is 6. The van der Waals surface area contributed by atoms with E-state index >= 15 is 0 Å². The molecule has 296 valence electrons. The molecule has 0 atom stereocenters. The van der Waals surface area contributed by atoms with Gasteiger partial charge in [-0.05, 0) is 87.4 Å². The highest BCUT2D eigenvalue weighted by Gasteiger charge is 2.33. The highest BCUT2D eigenvalue weighted by atomic mass is 35.5. The van der Waals surface area contributed by atoms with Crippen molar-refractivity contribution in [2.75, 3.05) is 14.2 Å². The van der Waals surface area contributed by atoms with Crippen molar-refractivity contribution in [3.63, 3.8) is 0 Å². The summed E-state index contributed by atoms with van der Waals surface area (Å²) in [6.45, 7) is 6.63. The molecule has 2 heterocycles. The summed E-state index contributed by atoms with van der Waals surface area (Å²) in [7, 11) is 2.47. The van der Waals surface area contributed by atoms with Gasteiger partial charge in [0.2, 0.25) is 0 Å². The molecule has 0 unspecified atom stereocenters. The van der Waals surface area contributed by atoms with Crippen molar-refractivity contribution in [2.24, 2.45) is 0 Å². The average molecular weight is 862 g/mol. The molecule has 0 bridgehead atoms. The summed E-state index contributed by atoms with van der Waals surface area (Å²) in [6.07, 6.45) is -8.90. The fourth-order valence-corrected chi connectivity index (χ4v) is 7.26. The molecule has 0 saturated carbocycles. The number of carbonyl (C=O) groups is 2. The van der Waals surface area contributed by atoms with Gasteiger partial charge in [-0.2, -0.15) is 36.5 Å². The van der Waals surface area contributed by atoms with Gasteiger partial charge in [-0.15, -0.1) is 0 Å². The molecule has 0 aliphatic rings. The smallest absolute Gasteiger partial charge is 0.416 e. The summed E-state index contributed by atoms with van der Waals surface area (Å²) >= 11 is 25.2. The van der Waals surface area contributed by atoms with E-state index in [9.17, 15) is 35.9 Å². The van der Waals surface area contributed by atoms with E-state index in [1.807, 2.05) is 0 Å². The fourth-order valence-electron chi connectivity index (χ4n) is 6.12. The van der Waals surface area contributed by atoms with E-state index in [-0.39, 0.29) is 34.3 Å². The number of ether oxygens (including phenoxy) is 2. The third-order valence-corrected chi connectivity index (χ3v) is 10.5. The van der Waals surface area contributed by atoms with Crippen LogP contribution in [0.1, 0.15) is 65.5 Å². The molecular weight excluding hydrogens is 832 g/mol. The summed E-state index contributed by atoms with van der Waals surface area (Å²) in [5.41, 5.74) is 2.48. The number of halogens is 10. The van der Waals surface area contributed by atoms with Crippen LogP contribution in [-0.2, 0) is 34.9 Å². The highest BCUT2D eigenvalue weighted by molar-refractivity contribution is 6.38. The monoisotopic (exact) mass is 860 g/mol. The highest BCUT2D eigenvalue weighted by Crippen LogP contribution is 2.37. The molecule has 0 N–H and O–H groups in total. The van der Waals surface area contributed by atoms with Crippen LogP contribution in [-0.4, -0.2) is 45.7 Å². The quantitative estimate of drug-likeness (QED) is 0.122. The van der Waals surface area contributed by atoms with Gasteiger partial charge in [0.25, 0.3) is 0 Å². The number of esters is 2. The molecule has 6 rings (SSSR count). The van der Waals surface area contributed by atoms with Crippen LogP contribution in [0.4, 0.5) is 26.3 Å². The Morgan fingerprint density at radius 3 is 1.55 bits per heavy atom. The minimum Gasteiger partial charge on any atom is -0.465 e. The largest absolute Gasteiger partial charge is 0.465 e. The molecule has 0 spiro atoms. The van der Waals surface area contributed by atoms with E-state index < -0.39 is 35.4 Å². The number of fused-ring (bicyclic) bond motifs is 2. The Bertz CT molecular complexity index is 2510. The van der Waals surface area contributed by atoms with E-state index in [2.05, 4.69) is 10.2 Å². The topological polar surface area (TPSA) is 88.2 Å². The summed E-state index contributed by atoms with van der Waals surface area (Å²) in [6, 6.07) is 10.2. The maximum absolute atomic E-state index is 13.1. The predicted octanol–water partition coefficient (Wildman–Crippen LogP) is 11.6. The molecule has 0 aliphatic carbocycles. The van der Waals surface area contributed by atoms with Crippen LogP contribution >= 0.6 is 46.4 Å². The molecular formula is C38H30Cl4F6N4O4. The van der Waals surface area contributed by atoms with E-state index in [0.29, 0.717) is 65.5 Å². The summed E-state index contributed by atoms with van der Waals surface area (Å²) in [4.78, 5) is 23.7. The first kappa shape index (κ1) is 42.6. The first-order valence-corrected chi connectivity index (χ1v) is 17.8. The number of benzene rings is 4. The lowest BCUT2D eigenvalue weighted by molar-refractivity contribution is -0.138. The normalized spacial score (nSPS) is 11.9. The van der Waals surface area contributed by atoms with Gasteiger partial charge >= 0.3 is 24.3 Å². The number of aryl methyl sites for hydroxylation is 4. The minimum absolute atomic E-state index is 0.0824. The number of hydrogen-bond donors (Lipinski definition) is 0. The van der Waals surface area contributed by atoms with Gasteiger partial charge < -0.3 is 9.47 Å². The second-order valence-electron chi connectivity index (χ2n) is 12.6. The Kier molecular flexibility index (Phi) is 12.3. The lowest BCUT2D eigenvalue weighted by Gasteiger charge is -2.13. The summed E-state index contributed by atoms with van der Waals surface area (Å²) in [5.74, 6) is -1.23. The van der Waals surface area contributed by atoms with E-state index in [1.54, 1.807) is 27.7 Å². The molecule has 0 saturated heterocycles. The molecule has 4 aromatic carbocycles. The molecule has 0 radical (unpaired) electrons. The van der Waals surface area contributed by atoms with Crippen molar-refractivity contribution < 1.29 is 45.4 Å². The second-order valence-corrected chi connectivity index (χ2v) is 14.2. The van der Waals surface area contributed by atoms with Crippen molar-refractivity contribution >= 4 is 80.1 Å². The molecule has 56 heavy (non-hydrogen) atoms. The Hall–Kier alpha value is -4.50. The number of nitrogens with zero attached hydrogens (tertiary/aromatic N) is 4. The van der Waals surface area contributed by atoms with Crippen LogP contribution in [0.3, 0.4) is 0 Å². The maximum Gasteiger partial charge on any atom is 0.416 e. The SMILES string of the molecule is COC(=O)c1ccc(Cl)c(Cn2nc(C)c3cc(C(F)(F)F)cc(C)c32)c1Cl.COC(=O)c1ccc(Cl)c(Cn2nc3c(C)cc(C(F)(F)F)cc3c2C)c1Cl. The summed E-state index contributed by atoms with van der Waals surface area (Å²) in [5, 5.41) is 10.4. The van der Waals surface area contributed by atoms with Crippen molar-refractivity contribution in [3.05, 3.63) is 125 Å². The van der Waals surface area contributed by atoms with Crippen molar-refractivity contribution in [3.8, 4) is 0 Å². The molecule has 0 aliphatic heterocycles. The summed E-state index contributed by atoms with van der Waals surface area (Å²) < 4.78 is 91.3. The van der Waals surface area contributed by atoms with Gasteiger partial charge in [-0.1, -0.05) is 46.4 Å². The number of methoxy groups -OCH3 is 2. The number of carbonyl (C=O) groups excluding carboxylic acids is 2. The number of aromatic nitrogens is 4. The van der Waals surface area contributed by atoms with Crippen LogP contribution in [0.25, 0.3) is 21.8 Å². The van der Waals surface area contributed by atoms with Crippen LogP contribution in [0.2, 0.25) is 20.1 Å². The van der Waals surface area contributed by atoms with E-state index in [0.717, 1.165) is 24.3 Å².